The third kappa shape index (κ3) is 3.21. The van der Waals surface area contributed by atoms with E-state index in [1.165, 1.54) is 0 Å². The second-order valence-electron chi connectivity index (χ2n) is 5.30. The van der Waals surface area contributed by atoms with Crippen molar-refractivity contribution >= 4 is 11.6 Å². The lowest BCUT2D eigenvalue weighted by atomic mass is 9.93. The van der Waals surface area contributed by atoms with Gasteiger partial charge in [0.05, 0.1) is 0 Å². The Morgan fingerprint density at radius 2 is 2.10 bits per heavy atom. The standard InChI is InChI=1S/C17H18N2O2/c1-12-18-16(11-21-12)13-7-9-15(10-8-13)19-17(20)14-5-3-2-4-6-14/h2-3,7-11,14H,4-6H2,1H3,(H,19,20). The van der Waals surface area contributed by atoms with E-state index in [1.807, 2.05) is 31.2 Å². The Kier molecular flexibility index (Phi) is 3.86. The zero-order valence-electron chi connectivity index (χ0n) is 12.0. The highest BCUT2D eigenvalue weighted by Crippen LogP contribution is 2.23. The molecule has 3 rings (SSSR count). The van der Waals surface area contributed by atoms with Crippen LogP contribution in [0.3, 0.4) is 0 Å². The van der Waals surface area contributed by atoms with Crippen LogP contribution in [0.5, 0.6) is 0 Å². The van der Waals surface area contributed by atoms with Gasteiger partial charge < -0.3 is 9.73 Å². The molecule has 4 heteroatoms. The van der Waals surface area contributed by atoms with Gasteiger partial charge in [-0.05, 0) is 31.4 Å². The number of nitrogens with one attached hydrogen (secondary N) is 1. The number of aryl methyl sites for hydroxylation is 1. The minimum Gasteiger partial charge on any atom is -0.449 e. The number of carbonyl (C=O) groups excluding carboxylic acids is 1. The van der Waals surface area contributed by atoms with E-state index in [0.717, 1.165) is 36.2 Å². The van der Waals surface area contributed by atoms with Crippen molar-refractivity contribution in [2.75, 3.05) is 5.32 Å². The molecule has 4 nitrogen and oxygen atoms in total. The van der Waals surface area contributed by atoms with Crippen molar-refractivity contribution in [1.29, 1.82) is 0 Å². The third-order valence-electron chi connectivity index (χ3n) is 3.71. The van der Waals surface area contributed by atoms with Gasteiger partial charge in [0.15, 0.2) is 5.89 Å². The van der Waals surface area contributed by atoms with E-state index >= 15 is 0 Å². The van der Waals surface area contributed by atoms with Crippen molar-refractivity contribution in [3.05, 3.63) is 48.6 Å². The summed E-state index contributed by atoms with van der Waals surface area (Å²) in [5.41, 5.74) is 2.60. The Hall–Kier alpha value is -2.36. The molecule has 0 radical (unpaired) electrons. The maximum Gasteiger partial charge on any atom is 0.227 e. The lowest BCUT2D eigenvalue weighted by Crippen LogP contribution is -2.23. The first kappa shape index (κ1) is 13.6. The molecular formula is C17H18N2O2. The average molecular weight is 282 g/mol. The number of amides is 1. The van der Waals surface area contributed by atoms with Gasteiger partial charge in [-0.2, -0.15) is 0 Å². The fourth-order valence-corrected chi connectivity index (χ4v) is 2.50. The molecule has 0 saturated carbocycles. The van der Waals surface area contributed by atoms with Crippen molar-refractivity contribution in [2.24, 2.45) is 5.92 Å². The summed E-state index contributed by atoms with van der Waals surface area (Å²) in [5.74, 6) is 0.838. The molecule has 0 aliphatic heterocycles. The van der Waals surface area contributed by atoms with E-state index in [4.69, 9.17) is 4.42 Å². The predicted octanol–water partition coefficient (Wildman–Crippen LogP) is 3.94. The van der Waals surface area contributed by atoms with E-state index in [0.29, 0.717) is 5.89 Å². The van der Waals surface area contributed by atoms with Crippen LogP contribution in [0.15, 0.2) is 47.1 Å². The van der Waals surface area contributed by atoms with Crippen LogP contribution in [0.25, 0.3) is 11.3 Å². The molecule has 1 aromatic heterocycles. The second-order valence-corrected chi connectivity index (χ2v) is 5.30. The number of benzene rings is 1. The van der Waals surface area contributed by atoms with Crippen molar-refractivity contribution in [3.63, 3.8) is 0 Å². The van der Waals surface area contributed by atoms with E-state index in [2.05, 4.69) is 22.5 Å². The number of aromatic nitrogens is 1. The number of allylic oxidation sites excluding steroid dienone is 2. The maximum atomic E-state index is 12.2. The van der Waals surface area contributed by atoms with E-state index in [-0.39, 0.29) is 11.8 Å². The number of oxazole rings is 1. The van der Waals surface area contributed by atoms with Crippen molar-refractivity contribution in [1.82, 2.24) is 4.98 Å². The summed E-state index contributed by atoms with van der Waals surface area (Å²) in [6, 6.07) is 7.67. The summed E-state index contributed by atoms with van der Waals surface area (Å²) in [6.07, 6.45) is 8.61. The van der Waals surface area contributed by atoms with Gasteiger partial charge in [0.2, 0.25) is 5.91 Å². The van der Waals surface area contributed by atoms with E-state index < -0.39 is 0 Å². The molecule has 0 saturated heterocycles. The van der Waals surface area contributed by atoms with E-state index in [1.54, 1.807) is 6.26 Å². The topological polar surface area (TPSA) is 55.1 Å². The van der Waals surface area contributed by atoms with Gasteiger partial charge in [-0.25, -0.2) is 4.98 Å². The van der Waals surface area contributed by atoms with Crippen LogP contribution in [0.1, 0.15) is 25.2 Å². The number of carbonyl (C=O) groups is 1. The summed E-state index contributed by atoms with van der Waals surface area (Å²) >= 11 is 0. The lowest BCUT2D eigenvalue weighted by Gasteiger charge is -2.17. The molecule has 1 aliphatic rings. The SMILES string of the molecule is Cc1nc(-c2ccc(NC(=O)C3CC=CCC3)cc2)co1. The fraction of sp³-hybridized carbons (Fsp3) is 0.294. The first-order chi connectivity index (χ1) is 10.2. The Morgan fingerprint density at radius 3 is 2.71 bits per heavy atom. The summed E-state index contributed by atoms with van der Waals surface area (Å²) in [7, 11) is 0. The van der Waals surface area contributed by atoms with Crippen LogP contribution in [0.4, 0.5) is 5.69 Å². The van der Waals surface area contributed by atoms with Gasteiger partial charge in [-0.3, -0.25) is 4.79 Å². The molecule has 2 aromatic rings. The quantitative estimate of drug-likeness (QED) is 0.867. The minimum absolute atomic E-state index is 0.0906. The molecule has 1 amide bonds. The number of rotatable bonds is 3. The molecule has 1 aromatic carbocycles. The van der Waals surface area contributed by atoms with Gasteiger partial charge in [-0.15, -0.1) is 0 Å². The highest BCUT2D eigenvalue weighted by molar-refractivity contribution is 5.92. The molecule has 0 bridgehead atoms. The highest BCUT2D eigenvalue weighted by Gasteiger charge is 2.18. The van der Waals surface area contributed by atoms with Gasteiger partial charge in [0, 0.05) is 24.1 Å². The smallest absolute Gasteiger partial charge is 0.227 e. The van der Waals surface area contributed by atoms with Crippen LogP contribution < -0.4 is 5.32 Å². The molecular weight excluding hydrogens is 264 g/mol. The first-order valence-corrected chi connectivity index (χ1v) is 7.21. The number of nitrogens with zero attached hydrogens (tertiary/aromatic N) is 1. The molecule has 1 atom stereocenters. The Balaban J connectivity index is 1.67. The van der Waals surface area contributed by atoms with Crippen LogP contribution >= 0.6 is 0 Å². The molecule has 0 fully saturated rings. The van der Waals surface area contributed by atoms with Crippen LogP contribution in [0.2, 0.25) is 0 Å². The highest BCUT2D eigenvalue weighted by atomic mass is 16.3. The lowest BCUT2D eigenvalue weighted by molar-refractivity contribution is -0.120. The Morgan fingerprint density at radius 1 is 1.29 bits per heavy atom. The molecule has 1 heterocycles. The maximum absolute atomic E-state index is 12.2. The first-order valence-electron chi connectivity index (χ1n) is 7.21. The zero-order valence-corrected chi connectivity index (χ0v) is 12.0. The van der Waals surface area contributed by atoms with Crippen LogP contribution in [0, 0.1) is 12.8 Å². The largest absolute Gasteiger partial charge is 0.449 e. The Bertz CT molecular complexity index is 656. The summed E-state index contributed by atoms with van der Waals surface area (Å²) < 4.78 is 5.21. The number of hydrogen-bond acceptors (Lipinski definition) is 3. The second kappa shape index (κ2) is 5.95. The monoisotopic (exact) mass is 282 g/mol. The summed E-state index contributed by atoms with van der Waals surface area (Å²) in [4.78, 5) is 16.4. The predicted molar refractivity (Wildman–Crippen MR) is 81.8 cm³/mol. The van der Waals surface area contributed by atoms with Gasteiger partial charge >= 0.3 is 0 Å². The molecule has 1 unspecified atom stereocenters. The molecule has 1 N–H and O–H groups in total. The molecule has 108 valence electrons. The van der Waals surface area contributed by atoms with Crippen LogP contribution in [-0.2, 0) is 4.79 Å². The van der Waals surface area contributed by atoms with E-state index in [9.17, 15) is 4.79 Å². The number of anilines is 1. The molecule has 21 heavy (non-hydrogen) atoms. The fourth-order valence-electron chi connectivity index (χ4n) is 2.50. The normalized spacial score (nSPS) is 17.7. The Labute approximate surface area is 123 Å². The van der Waals surface area contributed by atoms with Crippen molar-refractivity contribution < 1.29 is 9.21 Å². The van der Waals surface area contributed by atoms with Crippen LogP contribution in [-0.4, -0.2) is 10.9 Å². The van der Waals surface area contributed by atoms with Crippen molar-refractivity contribution in [2.45, 2.75) is 26.2 Å². The average Bonchev–Trinajstić information content (AvgIpc) is 2.95. The minimum atomic E-state index is 0.0906. The summed E-state index contributed by atoms with van der Waals surface area (Å²) in [5, 5.41) is 2.98. The summed E-state index contributed by atoms with van der Waals surface area (Å²) in [6.45, 7) is 1.82. The van der Waals surface area contributed by atoms with Gasteiger partial charge in [-0.1, -0.05) is 24.3 Å². The molecule has 0 spiro atoms. The number of hydrogen-bond donors (Lipinski definition) is 1. The third-order valence-corrected chi connectivity index (χ3v) is 3.71. The zero-order chi connectivity index (χ0) is 14.7. The molecule has 1 aliphatic carbocycles. The van der Waals surface area contributed by atoms with Crippen molar-refractivity contribution in [3.8, 4) is 11.3 Å². The van der Waals surface area contributed by atoms with Gasteiger partial charge in [0.25, 0.3) is 0 Å². The van der Waals surface area contributed by atoms with Gasteiger partial charge in [0.1, 0.15) is 12.0 Å².